The van der Waals surface area contributed by atoms with Crippen LogP contribution < -0.4 is 4.74 Å². The first-order valence-corrected chi connectivity index (χ1v) is 4.56. The van der Waals surface area contributed by atoms with Crippen molar-refractivity contribution >= 4 is 5.78 Å². The minimum Gasteiger partial charge on any atom is -0.478 e. The fourth-order valence-corrected chi connectivity index (χ4v) is 1.90. The van der Waals surface area contributed by atoms with E-state index in [0.29, 0.717) is 0 Å². The molecule has 1 heterocycles. The normalized spacial score (nSPS) is 21.5. The summed E-state index contributed by atoms with van der Waals surface area (Å²) in [5.41, 5.74) is 1.40. The van der Waals surface area contributed by atoms with E-state index < -0.39 is 5.60 Å². The Balaban J connectivity index is 2.22. The third-order valence-electron chi connectivity index (χ3n) is 2.87. The fourth-order valence-electron chi connectivity index (χ4n) is 1.90. The quantitative estimate of drug-likeness (QED) is 0.602. The Labute approximate surface area is 76.5 Å². The molecular formula is C11H10O2. The lowest BCUT2D eigenvalue weighted by atomic mass is 10.1. The summed E-state index contributed by atoms with van der Waals surface area (Å²) in [6.45, 7) is 1.98. The maximum Gasteiger partial charge on any atom is 0.210 e. The Morgan fingerprint density at radius 3 is 2.77 bits per heavy atom. The Kier molecular flexibility index (Phi) is 1.07. The molecule has 0 radical (unpaired) electrons. The molecule has 1 aromatic rings. The first kappa shape index (κ1) is 7.13. The van der Waals surface area contributed by atoms with Gasteiger partial charge >= 0.3 is 0 Å². The molecule has 0 amide bonds. The molecule has 1 fully saturated rings. The van der Waals surface area contributed by atoms with Crippen molar-refractivity contribution < 1.29 is 9.53 Å². The van der Waals surface area contributed by atoms with Crippen molar-refractivity contribution in [3.05, 3.63) is 29.3 Å². The predicted octanol–water partition coefficient (Wildman–Crippen LogP) is 2.10. The summed E-state index contributed by atoms with van der Waals surface area (Å²) in [7, 11) is 0. The molecule has 2 nitrogen and oxygen atoms in total. The molecule has 2 aliphatic rings. The van der Waals surface area contributed by atoms with Crippen LogP contribution in [0.25, 0.3) is 0 Å². The van der Waals surface area contributed by atoms with Gasteiger partial charge in [0, 0.05) is 0 Å². The summed E-state index contributed by atoms with van der Waals surface area (Å²) >= 11 is 0. The second kappa shape index (κ2) is 1.95. The molecule has 0 unspecified atom stereocenters. The van der Waals surface area contributed by atoms with E-state index >= 15 is 0 Å². The Morgan fingerprint density at radius 2 is 2.15 bits per heavy atom. The molecule has 0 saturated heterocycles. The summed E-state index contributed by atoms with van der Waals surface area (Å²) in [6.07, 6.45) is 1.78. The van der Waals surface area contributed by atoms with Crippen LogP contribution in [0, 0.1) is 6.92 Å². The van der Waals surface area contributed by atoms with Crippen molar-refractivity contribution in [2.24, 2.45) is 0 Å². The van der Waals surface area contributed by atoms with Crippen molar-refractivity contribution in [1.82, 2.24) is 0 Å². The molecule has 1 saturated carbocycles. The topological polar surface area (TPSA) is 26.3 Å². The number of hydrogen-bond donors (Lipinski definition) is 0. The van der Waals surface area contributed by atoms with E-state index in [0.717, 1.165) is 29.7 Å². The zero-order chi connectivity index (χ0) is 9.05. The molecule has 1 aliphatic heterocycles. The number of para-hydroxylation sites is 1. The molecule has 0 bridgehead atoms. The smallest absolute Gasteiger partial charge is 0.210 e. The third-order valence-corrected chi connectivity index (χ3v) is 2.87. The van der Waals surface area contributed by atoms with E-state index in [9.17, 15) is 4.79 Å². The van der Waals surface area contributed by atoms with E-state index in [1.54, 1.807) is 0 Å². The minimum absolute atomic E-state index is 0.186. The first-order valence-electron chi connectivity index (χ1n) is 4.56. The van der Waals surface area contributed by atoms with Crippen molar-refractivity contribution in [3.8, 4) is 5.75 Å². The van der Waals surface area contributed by atoms with Gasteiger partial charge < -0.3 is 4.74 Å². The summed E-state index contributed by atoms with van der Waals surface area (Å²) in [5.74, 6) is 0.996. The summed E-state index contributed by atoms with van der Waals surface area (Å²) < 4.78 is 5.70. The van der Waals surface area contributed by atoms with Gasteiger partial charge in [-0.2, -0.15) is 0 Å². The number of carbonyl (C=O) groups is 1. The zero-order valence-corrected chi connectivity index (χ0v) is 7.46. The predicted molar refractivity (Wildman–Crippen MR) is 48.1 cm³/mol. The second-order valence-corrected chi connectivity index (χ2v) is 3.88. The molecule has 66 valence electrons. The number of fused-ring (bicyclic) bond motifs is 1. The van der Waals surface area contributed by atoms with Crippen LogP contribution in [0.15, 0.2) is 18.2 Å². The van der Waals surface area contributed by atoms with Gasteiger partial charge in [-0.25, -0.2) is 0 Å². The van der Waals surface area contributed by atoms with Crippen LogP contribution in [-0.4, -0.2) is 11.4 Å². The lowest BCUT2D eigenvalue weighted by Crippen LogP contribution is -2.21. The van der Waals surface area contributed by atoms with Gasteiger partial charge in [-0.1, -0.05) is 12.1 Å². The number of rotatable bonds is 0. The number of ether oxygens (including phenoxy) is 1. The van der Waals surface area contributed by atoms with Crippen molar-refractivity contribution in [1.29, 1.82) is 0 Å². The molecule has 0 aromatic heterocycles. The molecule has 3 rings (SSSR count). The maximum atomic E-state index is 11.8. The second-order valence-electron chi connectivity index (χ2n) is 3.88. The number of benzene rings is 1. The Bertz CT molecular complexity index is 403. The van der Waals surface area contributed by atoms with Gasteiger partial charge in [0.15, 0.2) is 5.60 Å². The lowest BCUT2D eigenvalue weighted by Gasteiger charge is -2.05. The summed E-state index contributed by atoms with van der Waals surface area (Å²) in [5, 5.41) is 0. The molecule has 13 heavy (non-hydrogen) atoms. The van der Waals surface area contributed by atoms with Gasteiger partial charge in [0.2, 0.25) is 5.78 Å². The molecule has 1 spiro atoms. The van der Waals surface area contributed by atoms with Crippen LogP contribution in [0.4, 0.5) is 0 Å². The number of hydrogen-bond acceptors (Lipinski definition) is 2. The Morgan fingerprint density at radius 1 is 1.38 bits per heavy atom. The van der Waals surface area contributed by atoms with Crippen LogP contribution in [-0.2, 0) is 0 Å². The largest absolute Gasteiger partial charge is 0.478 e. The molecule has 2 heteroatoms. The van der Waals surface area contributed by atoms with Crippen LogP contribution in [0.1, 0.15) is 28.8 Å². The molecular weight excluding hydrogens is 164 g/mol. The highest BCUT2D eigenvalue weighted by Crippen LogP contribution is 2.50. The third kappa shape index (κ3) is 0.755. The Hall–Kier alpha value is -1.31. The van der Waals surface area contributed by atoms with E-state index in [4.69, 9.17) is 4.74 Å². The van der Waals surface area contributed by atoms with Crippen molar-refractivity contribution in [3.63, 3.8) is 0 Å². The van der Waals surface area contributed by atoms with Crippen LogP contribution in [0.3, 0.4) is 0 Å². The average molecular weight is 174 g/mol. The van der Waals surface area contributed by atoms with E-state index in [2.05, 4.69) is 0 Å². The number of aryl methyl sites for hydroxylation is 1. The number of ketones is 1. The van der Waals surface area contributed by atoms with Gasteiger partial charge in [0.1, 0.15) is 5.75 Å². The summed E-state index contributed by atoms with van der Waals surface area (Å²) in [4.78, 5) is 11.8. The SMILES string of the molecule is Cc1cccc2c1OC1(CC1)C2=O. The van der Waals surface area contributed by atoms with Crippen molar-refractivity contribution in [2.75, 3.05) is 0 Å². The highest BCUT2D eigenvalue weighted by Gasteiger charge is 2.57. The van der Waals surface area contributed by atoms with Crippen LogP contribution in [0.5, 0.6) is 5.75 Å². The van der Waals surface area contributed by atoms with Crippen LogP contribution in [0.2, 0.25) is 0 Å². The highest BCUT2D eigenvalue weighted by atomic mass is 16.5. The van der Waals surface area contributed by atoms with Crippen LogP contribution >= 0.6 is 0 Å². The molecule has 1 aliphatic carbocycles. The molecule has 0 N–H and O–H groups in total. The number of carbonyl (C=O) groups excluding carboxylic acids is 1. The molecule has 0 atom stereocenters. The first-order chi connectivity index (χ1) is 6.23. The van der Waals surface area contributed by atoms with Gasteiger partial charge in [-0.15, -0.1) is 0 Å². The standard InChI is InChI=1S/C11H10O2/c1-7-3-2-4-8-9(7)13-11(5-6-11)10(8)12/h2-4H,5-6H2,1H3. The average Bonchev–Trinajstić information content (AvgIpc) is 2.82. The van der Waals surface area contributed by atoms with Gasteiger partial charge in [0.05, 0.1) is 5.56 Å². The van der Waals surface area contributed by atoms with Crippen molar-refractivity contribution in [2.45, 2.75) is 25.4 Å². The van der Waals surface area contributed by atoms with Gasteiger partial charge in [-0.05, 0) is 31.4 Å². The van der Waals surface area contributed by atoms with Gasteiger partial charge in [-0.3, -0.25) is 4.79 Å². The fraction of sp³-hybridized carbons (Fsp3) is 0.364. The monoisotopic (exact) mass is 174 g/mol. The maximum absolute atomic E-state index is 11.8. The van der Waals surface area contributed by atoms with E-state index in [1.165, 1.54) is 0 Å². The van der Waals surface area contributed by atoms with E-state index in [-0.39, 0.29) is 5.78 Å². The minimum atomic E-state index is -0.436. The zero-order valence-electron chi connectivity index (χ0n) is 7.46. The van der Waals surface area contributed by atoms with E-state index in [1.807, 2.05) is 25.1 Å². The highest BCUT2D eigenvalue weighted by molar-refractivity contribution is 6.09. The lowest BCUT2D eigenvalue weighted by molar-refractivity contribution is 0.0820. The molecule has 1 aromatic carbocycles. The summed E-state index contributed by atoms with van der Waals surface area (Å²) in [6, 6.07) is 5.75. The van der Waals surface area contributed by atoms with Gasteiger partial charge in [0.25, 0.3) is 0 Å². The number of Topliss-reactive ketones (excluding diaryl/α,β-unsaturated/α-hetero) is 1.